The van der Waals surface area contributed by atoms with Gasteiger partial charge in [-0.3, -0.25) is 9.78 Å². The number of pyridine rings is 1. The van der Waals surface area contributed by atoms with E-state index in [1.165, 1.54) is 12.1 Å². The molecule has 0 saturated heterocycles. The Morgan fingerprint density at radius 2 is 1.83 bits per heavy atom. The molecule has 0 aliphatic heterocycles. The average Bonchev–Trinajstić information content (AvgIpc) is 2.99. The quantitative estimate of drug-likeness (QED) is 0.652. The van der Waals surface area contributed by atoms with E-state index in [2.05, 4.69) is 10.3 Å². The van der Waals surface area contributed by atoms with E-state index in [-0.39, 0.29) is 18.1 Å². The number of halogens is 1. The summed E-state index contributed by atoms with van der Waals surface area (Å²) < 4.78 is 14.0. The summed E-state index contributed by atoms with van der Waals surface area (Å²) in [4.78, 5) is 17.0. The highest BCUT2D eigenvalue weighted by Gasteiger charge is 2.25. The molecule has 0 radical (unpaired) electrons. The fourth-order valence-corrected chi connectivity index (χ4v) is 3.61. The van der Waals surface area contributed by atoms with Gasteiger partial charge >= 0.3 is 0 Å². The van der Waals surface area contributed by atoms with Crippen LogP contribution in [0.1, 0.15) is 35.7 Å². The maximum Gasteiger partial charge on any atom is 0.224 e. The molecule has 1 amide bonds. The second-order valence-electron chi connectivity index (χ2n) is 7.05. The number of carbonyl (C=O) groups is 1. The van der Waals surface area contributed by atoms with Crippen molar-refractivity contribution in [3.8, 4) is 0 Å². The Labute approximate surface area is 169 Å². The fourth-order valence-electron chi connectivity index (χ4n) is 3.61. The minimum atomic E-state index is -0.308. The molecule has 1 N–H and O–H groups in total. The highest BCUT2D eigenvalue weighted by atomic mass is 19.1. The van der Waals surface area contributed by atoms with Crippen molar-refractivity contribution in [3.05, 3.63) is 107 Å². The maximum atomic E-state index is 14.0. The summed E-state index contributed by atoms with van der Waals surface area (Å²) in [6.07, 6.45) is 3.93. The molecule has 3 aromatic rings. The van der Waals surface area contributed by atoms with Crippen molar-refractivity contribution in [3.63, 3.8) is 0 Å². The normalized spacial score (nSPS) is 14.2. The Balaban J connectivity index is 1.62. The number of allylic oxidation sites excluding steroid dienone is 2. The zero-order valence-electron chi connectivity index (χ0n) is 16.2. The highest BCUT2D eigenvalue weighted by molar-refractivity contribution is 6.08. The molecule has 4 rings (SSSR count). The second-order valence-corrected chi connectivity index (χ2v) is 7.05. The van der Waals surface area contributed by atoms with Crippen molar-refractivity contribution in [2.75, 3.05) is 0 Å². The lowest BCUT2D eigenvalue weighted by atomic mass is 10.0. The van der Waals surface area contributed by atoms with Gasteiger partial charge in [0.15, 0.2) is 0 Å². The first kappa shape index (κ1) is 18.8. The smallest absolute Gasteiger partial charge is 0.224 e. The number of fused-ring (bicyclic) bond motifs is 1. The molecular weight excluding hydrogens is 363 g/mol. The van der Waals surface area contributed by atoms with E-state index in [1.807, 2.05) is 61.5 Å². The Kier molecular flexibility index (Phi) is 5.34. The predicted octanol–water partition coefficient (Wildman–Crippen LogP) is 5.25. The topological polar surface area (TPSA) is 42.0 Å². The molecule has 4 heteroatoms. The SMILES string of the molecule is CC1=C(CC(=O)NCc2ccccc2)c2cc(F)ccc2/C1=C\c1ccccn1. The highest BCUT2D eigenvalue weighted by Crippen LogP contribution is 2.43. The monoisotopic (exact) mass is 384 g/mol. The van der Waals surface area contributed by atoms with Crippen LogP contribution in [0.2, 0.25) is 0 Å². The minimum absolute atomic E-state index is 0.0856. The van der Waals surface area contributed by atoms with Crippen LogP contribution in [0.3, 0.4) is 0 Å². The lowest BCUT2D eigenvalue weighted by Crippen LogP contribution is -2.22. The van der Waals surface area contributed by atoms with Crippen LogP contribution in [0, 0.1) is 5.82 Å². The molecule has 1 aliphatic carbocycles. The van der Waals surface area contributed by atoms with Gasteiger partial charge in [-0.25, -0.2) is 4.39 Å². The summed E-state index contributed by atoms with van der Waals surface area (Å²) in [5, 5.41) is 2.96. The number of hydrogen-bond acceptors (Lipinski definition) is 2. The first-order chi connectivity index (χ1) is 14.1. The van der Waals surface area contributed by atoms with Gasteiger partial charge in [-0.1, -0.05) is 42.5 Å². The van der Waals surface area contributed by atoms with E-state index in [0.29, 0.717) is 6.54 Å². The summed E-state index contributed by atoms with van der Waals surface area (Å²) in [5.41, 5.74) is 6.38. The summed E-state index contributed by atoms with van der Waals surface area (Å²) >= 11 is 0. The Hall–Kier alpha value is -3.53. The van der Waals surface area contributed by atoms with Crippen LogP contribution in [0.5, 0.6) is 0 Å². The largest absolute Gasteiger partial charge is 0.352 e. The van der Waals surface area contributed by atoms with Gasteiger partial charge in [0.05, 0.1) is 12.1 Å². The molecule has 1 aliphatic rings. The number of benzene rings is 2. The third-order valence-electron chi connectivity index (χ3n) is 5.10. The van der Waals surface area contributed by atoms with Gasteiger partial charge in [0, 0.05) is 12.7 Å². The van der Waals surface area contributed by atoms with E-state index in [9.17, 15) is 9.18 Å². The van der Waals surface area contributed by atoms with Crippen LogP contribution in [-0.4, -0.2) is 10.9 Å². The average molecular weight is 384 g/mol. The molecule has 2 aromatic carbocycles. The van der Waals surface area contributed by atoms with Gasteiger partial charge in [-0.15, -0.1) is 0 Å². The van der Waals surface area contributed by atoms with Crippen molar-refractivity contribution in [1.29, 1.82) is 0 Å². The molecule has 1 aromatic heterocycles. The zero-order valence-corrected chi connectivity index (χ0v) is 16.2. The van der Waals surface area contributed by atoms with Crippen molar-refractivity contribution < 1.29 is 9.18 Å². The molecule has 0 unspecified atom stereocenters. The molecule has 0 bridgehead atoms. The number of nitrogens with one attached hydrogen (secondary N) is 1. The number of rotatable bonds is 5. The standard InChI is InChI=1S/C25H21FN2O/c1-17-22(14-20-9-5-6-12-27-20)21-11-10-19(26)13-24(21)23(17)15-25(29)28-16-18-7-3-2-4-8-18/h2-14H,15-16H2,1H3,(H,28,29)/b22-14-. The third-order valence-corrected chi connectivity index (χ3v) is 5.10. The Morgan fingerprint density at radius 1 is 1.03 bits per heavy atom. The van der Waals surface area contributed by atoms with Gasteiger partial charge in [0.2, 0.25) is 5.91 Å². The fraction of sp³-hybridized carbons (Fsp3) is 0.120. The van der Waals surface area contributed by atoms with E-state index < -0.39 is 0 Å². The molecular formula is C25H21FN2O. The molecule has 1 heterocycles. The summed E-state index contributed by atoms with van der Waals surface area (Å²) in [6, 6.07) is 20.2. The lowest BCUT2D eigenvalue weighted by Gasteiger charge is -2.08. The number of carbonyl (C=O) groups excluding carboxylic acids is 1. The van der Waals surface area contributed by atoms with Crippen LogP contribution in [0.4, 0.5) is 4.39 Å². The van der Waals surface area contributed by atoms with Crippen molar-refractivity contribution in [2.24, 2.45) is 0 Å². The maximum absolute atomic E-state index is 14.0. The van der Waals surface area contributed by atoms with Gasteiger partial charge < -0.3 is 5.32 Å². The molecule has 3 nitrogen and oxygen atoms in total. The van der Waals surface area contributed by atoms with Crippen molar-refractivity contribution in [2.45, 2.75) is 19.9 Å². The van der Waals surface area contributed by atoms with Crippen LogP contribution >= 0.6 is 0 Å². The van der Waals surface area contributed by atoms with Crippen molar-refractivity contribution in [1.82, 2.24) is 10.3 Å². The van der Waals surface area contributed by atoms with Crippen LogP contribution in [0.25, 0.3) is 17.2 Å². The minimum Gasteiger partial charge on any atom is -0.352 e. The van der Waals surface area contributed by atoms with E-state index in [0.717, 1.165) is 39.1 Å². The van der Waals surface area contributed by atoms with Gasteiger partial charge in [0.25, 0.3) is 0 Å². The number of nitrogens with zero attached hydrogens (tertiary/aromatic N) is 1. The van der Waals surface area contributed by atoms with Crippen LogP contribution < -0.4 is 5.32 Å². The molecule has 0 saturated carbocycles. The number of amides is 1. The van der Waals surface area contributed by atoms with E-state index in [4.69, 9.17) is 0 Å². The van der Waals surface area contributed by atoms with Crippen LogP contribution in [-0.2, 0) is 11.3 Å². The van der Waals surface area contributed by atoms with Crippen LogP contribution in [0.15, 0.2) is 78.5 Å². The first-order valence-corrected chi connectivity index (χ1v) is 9.55. The lowest BCUT2D eigenvalue weighted by molar-refractivity contribution is -0.120. The molecule has 144 valence electrons. The van der Waals surface area contributed by atoms with Gasteiger partial charge in [-0.05, 0) is 70.7 Å². The van der Waals surface area contributed by atoms with Gasteiger partial charge in [0.1, 0.15) is 5.82 Å². The van der Waals surface area contributed by atoms with E-state index in [1.54, 1.807) is 12.3 Å². The predicted molar refractivity (Wildman–Crippen MR) is 114 cm³/mol. The summed E-state index contributed by atoms with van der Waals surface area (Å²) in [7, 11) is 0. The number of aromatic nitrogens is 1. The molecule has 0 fully saturated rings. The Morgan fingerprint density at radius 3 is 2.59 bits per heavy atom. The first-order valence-electron chi connectivity index (χ1n) is 9.55. The molecule has 29 heavy (non-hydrogen) atoms. The summed E-state index contributed by atoms with van der Waals surface area (Å²) in [6.45, 7) is 2.45. The Bertz CT molecular complexity index is 1100. The second kappa shape index (κ2) is 8.23. The van der Waals surface area contributed by atoms with Crippen molar-refractivity contribution >= 4 is 23.1 Å². The zero-order chi connectivity index (χ0) is 20.2. The third kappa shape index (κ3) is 4.16. The molecule has 0 spiro atoms. The van der Waals surface area contributed by atoms with Gasteiger partial charge in [-0.2, -0.15) is 0 Å². The summed E-state index contributed by atoms with van der Waals surface area (Å²) in [5.74, 6) is -0.393. The van der Waals surface area contributed by atoms with E-state index >= 15 is 0 Å². The number of hydrogen-bond donors (Lipinski definition) is 1. The molecule has 0 atom stereocenters.